The van der Waals surface area contributed by atoms with Crippen LogP contribution in [0, 0.1) is 51.9 Å². The number of halogens is 2. The first-order chi connectivity index (χ1) is 15.0. The van der Waals surface area contributed by atoms with E-state index in [1.807, 2.05) is 0 Å². The molecule has 0 aromatic heterocycles. The van der Waals surface area contributed by atoms with E-state index in [4.69, 9.17) is 5.26 Å². The van der Waals surface area contributed by atoms with Gasteiger partial charge in [0.2, 0.25) is 0 Å². The van der Waals surface area contributed by atoms with Crippen molar-refractivity contribution in [3.8, 4) is 17.2 Å². The lowest BCUT2D eigenvalue weighted by molar-refractivity contribution is 0.202. The Bertz CT molecular complexity index is 973. The molecule has 0 N–H and O–H groups in total. The zero-order valence-corrected chi connectivity index (χ0v) is 19.0. The minimum Gasteiger partial charge on any atom is -0.206 e. The van der Waals surface area contributed by atoms with Crippen molar-refractivity contribution in [2.24, 2.45) is 17.8 Å². The molecule has 0 radical (unpaired) electrons. The molecule has 0 amide bonds. The summed E-state index contributed by atoms with van der Waals surface area (Å²) in [6, 6.07) is 2.44. The Morgan fingerprint density at radius 3 is 2.32 bits per heavy atom. The maximum absolute atomic E-state index is 14.0. The van der Waals surface area contributed by atoms with Crippen LogP contribution in [0.5, 0.6) is 0 Å². The van der Waals surface area contributed by atoms with Crippen molar-refractivity contribution in [2.75, 3.05) is 0 Å². The largest absolute Gasteiger partial charge is 0.206 e. The predicted octanol–water partition coefficient (Wildman–Crippen LogP) is 7.92. The molecule has 0 bridgehead atoms. The lowest BCUT2D eigenvalue weighted by Crippen LogP contribution is -2.24. The number of hydrogen-bond donors (Lipinski definition) is 0. The van der Waals surface area contributed by atoms with Gasteiger partial charge in [-0.05, 0) is 113 Å². The Kier molecular flexibility index (Phi) is 7.19. The Morgan fingerprint density at radius 2 is 1.71 bits per heavy atom. The van der Waals surface area contributed by atoms with Crippen LogP contribution in [-0.4, -0.2) is 0 Å². The molecule has 1 fully saturated rings. The lowest BCUT2D eigenvalue weighted by Gasteiger charge is -2.36. The number of nitrogens with zero attached hydrogens (tertiary/aromatic N) is 1. The summed E-state index contributed by atoms with van der Waals surface area (Å²) in [6.07, 6.45) is 15.1. The van der Waals surface area contributed by atoms with Gasteiger partial charge in [-0.25, -0.2) is 8.78 Å². The van der Waals surface area contributed by atoms with Crippen LogP contribution in [0.2, 0.25) is 0 Å². The molecule has 1 aromatic rings. The molecule has 1 unspecified atom stereocenters. The highest BCUT2D eigenvalue weighted by atomic mass is 32.2. The van der Waals surface area contributed by atoms with Gasteiger partial charge in [-0.15, -0.1) is 0 Å². The maximum atomic E-state index is 14.0. The fraction of sp³-hybridized carbons (Fsp3) is 0.519. The molecule has 4 rings (SSSR count). The summed E-state index contributed by atoms with van der Waals surface area (Å²) in [5.74, 6) is 7.09. The molecule has 1 nitrogen and oxygen atoms in total. The number of thiocyanates is 1. The van der Waals surface area contributed by atoms with Crippen LogP contribution in [0.3, 0.4) is 0 Å². The van der Waals surface area contributed by atoms with Crippen LogP contribution in [0.15, 0.2) is 39.8 Å². The molecular weight excluding hydrogens is 408 g/mol. The van der Waals surface area contributed by atoms with Crippen LogP contribution < -0.4 is 0 Å². The Hall–Kier alpha value is -2.04. The second-order valence-electron chi connectivity index (χ2n) is 9.26. The summed E-state index contributed by atoms with van der Waals surface area (Å²) >= 11 is 0.500. The van der Waals surface area contributed by atoms with Gasteiger partial charge >= 0.3 is 0 Å². The average molecular weight is 438 g/mol. The molecule has 0 spiro atoms. The SMILES string of the molecule is CC1=C(C#Cc2cc(F)c(SC#N)c(F)c2)CCC(C2CCC(C3=CCCC3)CC2)C1. The minimum absolute atomic E-state index is 0.261. The third-order valence-electron chi connectivity index (χ3n) is 7.39. The van der Waals surface area contributed by atoms with Gasteiger partial charge in [0.05, 0.1) is 4.90 Å². The third kappa shape index (κ3) is 5.24. The Labute approximate surface area is 189 Å². The molecule has 0 aliphatic heterocycles. The molecule has 1 aromatic carbocycles. The van der Waals surface area contributed by atoms with Crippen molar-refractivity contribution < 1.29 is 8.78 Å². The van der Waals surface area contributed by atoms with Crippen LogP contribution in [-0.2, 0) is 0 Å². The zero-order valence-electron chi connectivity index (χ0n) is 18.1. The van der Waals surface area contributed by atoms with Gasteiger partial charge in [0, 0.05) is 11.1 Å². The normalized spacial score (nSPS) is 26.1. The average Bonchev–Trinajstić information content (AvgIpc) is 3.30. The molecule has 31 heavy (non-hydrogen) atoms. The summed E-state index contributed by atoms with van der Waals surface area (Å²) in [5.41, 5.74) is 4.52. The first-order valence-corrected chi connectivity index (χ1v) is 12.3. The summed E-state index contributed by atoms with van der Waals surface area (Å²) in [5, 5.41) is 10.4. The smallest absolute Gasteiger partial charge is 0.142 e. The number of allylic oxidation sites excluding steroid dienone is 4. The highest BCUT2D eigenvalue weighted by Gasteiger charge is 2.31. The van der Waals surface area contributed by atoms with Crippen molar-refractivity contribution in [1.29, 1.82) is 5.26 Å². The summed E-state index contributed by atoms with van der Waals surface area (Å²) in [6.45, 7) is 2.17. The quantitative estimate of drug-likeness (QED) is 0.207. The minimum atomic E-state index is -0.728. The van der Waals surface area contributed by atoms with Crippen molar-refractivity contribution in [3.05, 3.63) is 52.1 Å². The summed E-state index contributed by atoms with van der Waals surface area (Å²) in [7, 11) is 0. The van der Waals surface area contributed by atoms with Gasteiger partial charge in [-0.2, -0.15) is 5.26 Å². The van der Waals surface area contributed by atoms with Crippen molar-refractivity contribution in [1.82, 2.24) is 0 Å². The Morgan fingerprint density at radius 1 is 0.968 bits per heavy atom. The number of thioether (sulfide) groups is 1. The molecule has 4 heteroatoms. The van der Waals surface area contributed by atoms with Crippen molar-refractivity contribution >= 4 is 11.8 Å². The van der Waals surface area contributed by atoms with Crippen LogP contribution in [0.25, 0.3) is 0 Å². The van der Waals surface area contributed by atoms with E-state index in [0.717, 1.165) is 36.2 Å². The molecule has 1 saturated carbocycles. The van der Waals surface area contributed by atoms with Gasteiger partial charge in [0.15, 0.2) is 0 Å². The van der Waals surface area contributed by atoms with Crippen molar-refractivity contribution in [2.45, 2.75) is 76.0 Å². The van der Waals surface area contributed by atoms with Gasteiger partial charge in [0.25, 0.3) is 0 Å². The topological polar surface area (TPSA) is 23.8 Å². The lowest BCUT2D eigenvalue weighted by atomic mass is 9.69. The fourth-order valence-electron chi connectivity index (χ4n) is 5.68. The van der Waals surface area contributed by atoms with Crippen LogP contribution in [0.4, 0.5) is 8.78 Å². The van der Waals surface area contributed by atoms with Gasteiger partial charge in [-0.3, -0.25) is 0 Å². The molecule has 3 aliphatic carbocycles. The van der Waals surface area contributed by atoms with E-state index in [0.29, 0.717) is 17.3 Å². The fourth-order valence-corrected chi connectivity index (χ4v) is 6.09. The van der Waals surface area contributed by atoms with Crippen molar-refractivity contribution in [3.63, 3.8) is 0 Å². The number of rotatable bonds is 3. The van der Waals surface area contributed by atoms with Crippen LogP contribution in [0.1, 0.15) is 76.7 Å². The van der Waals surface area contributed by atoms with Gasteiger partial charge in [-0.1, -0.05) is 29.1 Å². The molecule has 1 atom stereocenters. The monoisotopic (exact) mass is 437 g/mol. The summed E-state index contributed by atoms with van der Waals surface area (Å²) < 4.78 is 28.1. The highest BCUT2D eigenvalue weighted by Crippen LogP contribution is 2.44. The first-order valence-electron chi connectivity index (χ1n) is 11.5. The summed E-state index contributed by atoms with van der Waals surface area (Å²) in [4.78, 5) is -0.261. The predicted molar refractivity (Wildman–Crippen MR) is 122 cm³/mol. The second kappa shape index (κ2) is 10.1. The van der Waals surface area contributed by atoms with E-state index in [1.165, 1.54) is 69.1 Å². The Balaban J connectivity index is 1.37. The van der Waals surface area contributed by atoms with E-state index in [2.05, 4.69) is 24.8 Å². The third-order valence-corrected chi connectivity index (χ3v) is 8.08. The van der Waals surface area contributed by atoms with Gasteiger partial charge < -0.3 is 0 Å². The molecule has 162 valence electrons. The van der Waals surface area contributed by atoms with E-state index in [9.17, 15) is 8.78 Å². The van der Waals surface area contributed by atoms with E-state index in [-0.39, 0.29) is 4.90 Å². The molecule has 3 aliphatic rings. The number of benzene rings is 1. The maximum Gasteiger partial charge on any atom is 0.142 e. The van der Waals surface area contributed by atoms with Crippen LogP contribution >= 0.6 is 11.8 Å². The second-order valence-corrected chi connectivity index (χ2v) is 10.1. The molecular formula is C27H29F2NS. The standard InChI is InChI=1S/C27H29F2NS/c1-18-14-24(23-11-9-22(10-12-23)21-4-2-3-5-21)13-8-20(18)7-6-19-15-25(28)27(31-17-30)26(29)16-19/h4,15-16,22-24H,2-3,5,8-14H2,1H3. The van der Waals surface area contributed by atoms with E-state index >= 15 is 0 Å². The van der Waals surface area contributed by atoms with E-state index in [1.54, 1.807) is 11.0 Å². The number of nitriles is 1. The number of hydrogen-bond acceptors (Lipinski definition) is 2. The van der Waals surface area contributed by atoms with Gasteiger partial charge in [0.1, 0.15) is 17.0 Å². The molecule has 0 heterocycles. The molecule has 0 saturated heterocycles. The zero-order chi connectivity index (χ0) is 21.8. The first kappa shape index (κ1) is 22.2. The van der Waals surface area contributed by atoms with E-state index < -0.39 is 11.6 Å². The highest BCUT2D eigenvalue weighted by molar-refractivity contribution is 8.03.